The molecule has 0 amide bonds. The first-order chi connectivity index (χ1) is 7.24. The zero-order valence-corrected chi connectivity index (χ0v) is 10.3. The van der Waals surface area contributed by atoms with Crippen molar-refractivity contribution in [1.29, 1.82) is 0 Å². The van der Waals surface area contributed by atoms with Gasteiger partial charge >= 0.3 is 0 Å². The molecule has 15 heavy (non-hydrogen) atoms. The molecule has 0 heterocycles. The van der Waals surface area contributed by atoms with Crippen molar-refractivity contribution in [3.8, 4) is 0 Å². The Morgan fingerprint density at radius 2 is 2.07 bits per heavy atom. The zero-order chi connectivity index (χ0) is 11.1. The van der Waals surface area contributed by atoms with Gasteiger partial charge in [-0.3, -0.25) is 11.3 Å². The molecule has 0 aromatic heterocycles. The van der Waals surface area contributed by atoms with E-state index in [1.165, 1.54) is 44.9 Å². The molecule has 1 aliphatic carbocycles. The van der Waals surface area contributed by atoms with Crippen molar-refractivity contribution in [2.75, 3.05) is 0 Å². The van der Waals surface area contributed by atoms with Gasteiger partial charge in [0.1, 0.15) is 0 Å². The van der Waals surface area contributed by atoms with E-state index < -0.39 is 0 Å². The maximum atomic E-state index is 5.65. The van der Waals surface area contributed by atoms with Crippen LogP contribution in [-0.2, 0) is 0 Å². The van der Waals surface area contributed by atoms with Crippen LogP contribution in [0.2, 0.25) is 0 Å². The quantitative estimate of drug-likeness (QED) is 0.415. The third-order valence-electron chi connectivity index (χ3n) is 3.26. The van der Waals surface area contributed by atoms with Crippen LogP contribution in [0.1, 0.15) is 58.8 Å². The first-order valence-electron chi connectivity index (χ1n) is 6.39. The molecule has 0 aromatic carbocycles. The van der Waals surface area contributed by atoms with Crippen molar-refractivity contribution in [2.24, 2.45) is 11.8 Å². The molecule has 0 radical (unpaired) electrons. The second kappa shape index (κ2) is 7.02. The van der Waals surface area contributed by atoms with Crippen LogP contribution in [0.25, 0.3) is 0 Å². The SMILES string of the molecule is CC(C)CCC(NN)C1=CCCCCC1. The number of nitrogens with two attached hydrogens (primary N) is 1. The number of hydrazine groups is 1. The fraction of sp³-hybridized carbons (Fsp3) is 0.846. The Morgan fingerprint density at radius 1 is 1.27 bits per heavy atom. The van der Waals surface area contributed by atoms with E-state index >= 15 is 0 Å². The summed E-state index contributed by atoms with van der Waals surface area (Å²) in [6.07, 6.45) is 11.4. The van der Waals surface area contributed by atoms with Gasteiger partial charge in [0.15, 0.2) is 0 Å². The number of nitrogens with one attached hydrogen (secondary N) is 1. The summed E-state index contributed by atoms with van der Waals surface area (Å²) in [7, 11) is 0. The minimum atomic E-state index is 0.422. The van der Waals surface area contributed by atoms with Crippen LogP contribution in [0, 0.1) is 5.92 Å². The molecule has 0 bridgehead atoms. The van der Waals surface area contributed by atoms with Crippen LogP contribution in [-0.4, -0.2) is 6.04 Å². The van der Waals surface area contributed by atoms with Gasteiger partial charge in [-0.2, -0.15) is 0 Å². The van der Waals surface area contributed by atoms with E-state index in [1.54, 1.807) is 5.57 Å². The molecule has 2 nitrogen and oxygen atoms in total. The average molecular weight is 210 g/mol. The van der Waals surface area contributed by atoms with Crippen molar-refractivity contribution in [3.05, 3.63) is 11.6 Å². The third-order valence-corrected chi connectivity index (χ3v) is 3.26. The molecule has 2 heteroatoms. The number of hydrogen-bond donors (Lipinski definition) is 2. The third kappa shape index (κ3) is 4.80. The molecule has 1 aliphatic rings. The van der Waals surface area contributed by atoms with Crippen LogP contribution in [0.3, 0.4) is 0 Å². The normalized spacial score (nSPS) is 19.9. The van der Waals surface area contributed by atoms with E-state index in [4.69, 9.17) is 5.84 Å². The van der Waals surface area contributed by atoms with E-state index in [0.717, 1.165) is 5.92 Å². The summed E-state index contributed by atoms with van der Waals surface area (Å²) in [6.45, 7) is 4.55. The summed E-state index contributed by atoms with van der Waals surface area (Å²) < 4.78 is 0. The van der Waals surface area contributed by atoms with Crippen molar-refractivity contribution < 1.29 is 0 Å². The molecular formula is C13H26N2. The summed E-state index contributed by atoms with van der Waals surface area (Å²) in [5.74, 6) is 6.42. The van der Waals surface area contributed by atoms with Gasteiger partial charge in [0, 0.05) is 6.04 Å². The van der Waals surface area contributed by atoms with E-state index in [2.05, 4.69) is 25.3 Å². The second-order valence-corrected chi connectivity index (χ2v) is 5.07. The van der Waals surface area contributed by atoms with E-state index in [0.29, 0.717) is 6.04 Å². The molecule has 1 atom stereocenters. The molecule has 1 rings (SSSR count). The highest BCUT2D eigenvalue weighted by Gasteiger charge is 2.14. The Hall–Kier alpha value is -0.340. The highest BCUT2D eigenvalue weighted by molar-refractivity contribution is 5.11. The monoisotopic (exact) mass is 210 g/mol. The predicted molar refractivity (Wildman–Crippen MR) is 66.4 cm³/mol. The first-order valence-corrected chi connectivity index (χ1v) is 6.39. The van der Waals surface area contributed by atoms with Crippen molar-refractivity contribution in [2.45, 2.75) is 64.8 Å². The minimum Gasteiger partial charge on any atom is -0.271 e. The molecule has 0 saturated heterocycles. The number of hydrogen-bond acceptors (Lipinski definition) is 2. The van der Waals surface area contributed by atoms with Crippen LogP contribution in [0.5, 0.6) is 0 Å². The maximum Gasteiger partial charge on any atom is 0.0419 e. The smallest absolute Gasteiger partial charge is 0.0419 e. The van der Waals surface area contributed by atoms with E-state index in [-0.39, 0.29) is 0 Å². The van der Waals surface area contributed by atoms with Crippen LogP contribution in [0.15, 0.2) is 11.6 Å². The summed E-state index contributed by atoms with van der Waals surface area (Å²) in [5.41, 5.74) is 4.54. The summed E-state index contributed by atoms with van der Waals surface area (Å²) in [4.78, 5) is 0. The van der Waals surface area contributed by atoms with Gasteiger partial charge < -0.3 is 0 Å². The van der Waals surface area contributed by atoms with Gasteiger partial charge in [0.05, 0.1) is 0 Å². The van der Waals surface area contributed by atoms with Crippen molar-refractivity contribution in [1.82, 2.24) is 5.43 Å². The van der Waals surface area contributed by atoms with E-state index in [1.807, 2.05) is 0 Å². The zero-order valence-electron chi connectivity index (χ0n) is 10.3. The lowest BCUT2D eigenvalue weighted by Crippen LogP contribution is -2.36. The molecule has 0 aromatic rings. The molecule has 88 valence electrons. The molecule has 0 saturated carbocycles. The molecule has 0 aliphatic heterocycles. The van der Waals surface area contributed by atoms with Gasteiger partial charge in [-0.15, -0.1) is 0 Å². The Balaban J connectivity index is 2.44. The van der Waals surface area contributed by atoms with Gasteiger partial charge in [-0.1, -0.05) is 31.9 Å². The van der Waals surface area contributed by atoms with Gasteiger partial charge in [0.25, 0.3) is 0 Å². The number of rotatable bonds is 5. The first kappa shape index (κ1) is 12.7. The minimum absolute atomic E-state index is 0.422. The van der Waals surface area contributed by atoms with Crippen LogP contribution in [0.4, 0.5) is 0 Å². The van der Waals surface area contributed by atoms with Crippen molar-refractivity contribution >= 4 is 0 Å². The van der Waals surface area contributed by atoms with Crippen LogP contribution < -0.4 is 11.3 Å². The Kier molecular flexibility index (Phi) is 5.96. The second-order valence-electron chi connectivity index (χ2n) is 5.07. The molecular weight excluding hydrogens is 184 g/mol. The molecule has 0 spiro atoms. The standard InChI is InChI=1S/C13H26N2/c1-11(2)9-10-13(15-14)12-7-5-3-4-6-8-12/h7,11,13,15H,3-6,8-10,14H2,1-2H3. The Labute approximate surface area is 94.3 Å². The van der Waals surface area contributed by atoms with E-state index in [9.17, 15) is 0 Å². The highest BCUT2D eigenvalue weighted by atomic mass is 15.2. The lowest BCUT2D eigenvalue weighted by molar-refractivity contribution is 0.463. The summed E-state index contributed by atoms with van der Waals surface area (Å²) in [6, 6.07) is 0.422. The summed E-state index contributed by atoms with van der Waals surface area (Å²) >= 11 is 0. The summed E-state index contributed by atoms with van der Waals surface area (Å²) in [5, 5.41) is 0. The van der Waals surface area contributed by atoms with Gasteiger partial charge in [0.2, 0.25) is 0 Å². The fourth-order valence-corrected chi connectivity index (χ4v) is 2.23. The van der Waals surface area contributed by atoms with Gasteiger partial charge in [-0.05, 0) is 44.4 Å². The van der Waals surface area contributed by atoms with Crippen molar-refractivity contribution in [3.63, 3.8) is 0 Å². The lowest BCUT2D eigenvalue weighted by Gasteiger charge is -2.20. The average Bonchev–Trinajstić information content (AvgIpc) is 2.47. The Morgan fingerprint density at radius 3 is 2.73 bits per heavy atom. The molecule has 1 unspecified atom stereocenters. The largest absolute Gasteiger partial charge is 0.271 e. The topological polar surface area (TPSA) is 38.0 Å². The fourth-order valence-electron chi connectivity index (χ4n) is 2.23. The van der Waals surface area contributed by atoms with Crippen LogP contribution >= 0.6 is 0 Å². The number of allylic oxidation sites excluding steroid dienone is 1. The lowest BCUT2D eigenvalue weighted by atomic mass is 9.95. The molecule has 0 fully saturated rings. The molecule has 3 N–H and O–H groups in total. The Bertz CT molecular complexity index is 197. The highest BCUT2D eigenvalue weighted by Crippen LogP contribution is 2.22. The predicted octanol–water partition coefficient (Wildman–Crippen LogP) is 3.15. The maximum absolute atomic E-state index is 5.65. The van der Waals surface area contributed by atoms with Gasteiger partial charge in [-0.25, -0.2) is 0 Å².